The Kier molecular flexibility index (Phi) is 3.60. The van der Waals surface area contributed by atoms with Crippen LogP contribution in [0.3, 0.4) is 0 Å². The highest BCUT2D eigenvalue weighted by Crippen LogP contribution is 2.35. The third-order valence-electron chi connectivity index (χ3n) is 4.17. The van der Waals surface area contributed by atoms with E-state index in [1.165, 1.54) is 22.4 Å². The number of hydrogen-bond acceptors (Lipinski definition) is 1. The van der Waals surface area contributed by atoms with Crippen molar-refractivity contribution in [2.75, 3.05) is 11.4 Å². The zero-order chi connectivity index (χ0) is 13.9. The summed E-state index contributed by atoms with van der Waals surface area (Å²) in [4.78, 5) is 2.52. The second kappa shape index (κ2) is 5.54. The van der Waals surface area contributed by atoms with Gasteiger partial charge in [0, 0.05) is 12.2 Å². The van der Waals surface area contributed by atoms with E-state index in [2.05, 4.69) is 66.9 Å². The molecule has 1 nitrogen and oxygen atoms in total. The third kappa shape index (κ3) is 2.36. The van der Waals surface area contributed by atoms with Gasteiger partial charge < -0.3 is 4.90 Å². The van der Waals surface area contributed by atoms with Crippen LogP contribution in [-0.2, 0) is 6.42 Å². The zero-order valence-electron chi connectivity index (χ0n) is 12.0. The van der Waals surface area contributed by atoms with Gasteiger partial charge in [0.15, 0.2) is 0 Å². The first-order valence-corrected chi connectivity index (χ1v) is 7.31. The average molecular weight is 263 g/mol. The molecule has 2 aromatic rings. The molecule has 0 fully saturated rings. The van der Waals surface area contributed by atoms with E-state index in [-0.39, 0.29) is 0 Å². The summed E-state index contributed by atoms with van der Waals surface area (Å²) in [5.74, 6) is 0. The Morgan fingerprint density at radius 2 is 1.90 bits per heavy atom. The van der Waals surface area contributed by atoms with Gasteiger partial charge in [-0.2, -0.15) is 0 Å². The summed E-state index contributed by atoms with van der Waals surface area (Å²) in [6, 6.07) is 18.1. The van der Waals surface area contributed by atoms with Gasteiger partial charge in [-0.15, -0.1) is 6.58 Å². The number of rotatable bonds is 3. The topological polar surface area (TPSA) is 3.24 Å². The van der Waals surface area contributed by atoms with Crippen molar-refractivity contribution in [2.45, 2.75) is 25.8 Å². The average Bonchev–Trinajstić information content (AvgIpc) is 2.49. The molecule has 0 radical (unpaired) electrons. The first-order valence-electron chi connectivity index (χ1n) is 7.31. The van der Waals surface area contributed by atoms with E-state index in [1.54, 1.807) is 0 Å². The fourth-order valence-electron chi connectivity index (χ4n) is 3.11. The summed E-state index contributed by atoms with van der Waals surface area (Å²) >= 11 is 0. The van der Waals surface area contributed by atoms with Gasteiger partial charge in [0.2, 0.25) is 0 Å². The third-order valence-corrected chi connectivity index (χ3v) is 4.17. The zero-order valence-corrected chi connectivity index (χ0v) is 12.0. The Balaban J connectivity index is 1.99. The predicted octanol–water partition coefficient (Wildman–Crippen LogP) is 4.67. The van der Waals surface area contributed by atoms with Crippen molar-refractivity contribution in [3.05, 3.63) is 77.9 Å². The number of hydrogen-bond donors (Lipinski definition) is 0. The Labute approximate surface area is 121 Å². The molecular weight excluding hydrogens is 242 g/mol. The minimum absolute atomic E-state index is 0.417. The monoisotopic (exact) mass is 263 g/mol. The Morgan fingerprint density at radius 1 is 1.15 bits per heavy atom. The molecule has 2 aromatic carbocycles. The largest absolute Gasteiger partial charge is 0.364 e. The minimum atomic E-state index is 0.417. The minimum Gasteiger partial charge on any atom is -0.364 e. The van der Waals surface area contributed by atoms with Crippen LogP contribution in [0.4, 0.5) is 5.69 Å². The van der Waals surface area contributed by atoms with Gasteiger partial charge in [0.1, 0.15) is 0 Å². The van der Waals surface area contributed by atoms with E-state index in [1.807, 2.05) is 6.08 Å². The van der Waals surface area contributed by atoms with E-state index >= 15 is 0 Å². The van der Waals surface area contributed by atoms with E-state index in [9.17, 15) is 0 Å². The van der Waals surface area contributed by atoms with E-state index < -0.39 is 0 Å². The normalized spacial score (nSPS) is 17.6. The Morgan fingerprint density at radius 3 is 2.65 bits per heavy atom. The van der Waals surface area contributed by atoms with Crippen molar-refractivity contribution in [1.29, 1.82) is 0 Å². The fourth-order valence-corrected chi connectivity index (χ4v) is 3.11. The maximum atomic E-state index is 3.94. The maximum absolute atomic E-state index is 3.94. The SMILES string of the molecule is C=CCC1c2ccccc2CCN1c1ccc(C)cc1. The van der Waals surface area contributed by atoms with Gasteiger partial charge in [-0.3, -0.25) is 0 Å². The van der Waals surface area contributed by atoms with Gasteiger partial charge in [0.25, 0.3) is 0 Å². The molecule has 0 aliphatic carbocycles. The molecule has 20 heavy (non-hydrogen) atoms. The van der Waals surface area contributed by atoms with Gasteiger partial charge in [-0.25, -0.2) is 0 Å². The second-order valence-corrected chi connectivity index (χ2v) is 5.52. The lowest BCUT2D eigenvalue weighted by Crippen LogP contribution is -2.35. The van der Waals surface area contributed by atoms with Crippen molar-refractivity contribution in [3.63, 3.8) is 0 Å². The molecule has 0 spiro atoms. The quantitative estimate of drug-likeness (QED) is 0.727. The Bertz CT molecular complexity index is 597. The van der Waals surface area contributed by atoms with Crippen molar-refractivity contribution in [3.8, 4) is 0 Å². The highest BCUT2D eigenvalue weighted by atomic mass is 15.2. The summed E-state index contributed by atoms with van der Waals surface area (Å²) in [6.45, 7) is 7.16. The predicted molar refractivity (Wildman–Crippen MR) is 86.2 cm³/mol. The standard InChI is InChI=1S/C19H21N/c1-3-6-19-18-8-5-4-7-16(18)13-14-20(19)17-11-9-15(2)10-12-17/h3-5,7-12,19H,1,6,13-14H2,2H3. The molecular formula is C19H21N. The summed E-state index contributed by atoms with van der Waals surface area (Å²) < 4.78 is 0. The van der Waals surface area contributed by atoms with E-state index in [4.69, 9.17) is 0 Å². The molecule has 3 rings (SSSR count). The van der Waals surface area contributed by atoms with Crippen molar-refractivity contribution >= 4 is 5.69 Å². The van der Waals surface area contributed by atoms with Crippen LogP contribution >= 0.6 is 0 Å². The van der Waals surface area contributed by atoms with Crippen LogP contribution < -0.4 is 4.90 Å². The molecule has 1 unspecified atom stereocenters. The summed E-state index contributed by atoms with van der Waals surface area (Å²) in [7, 11) is 0. The Hall–Kier alpha value is -2.02. The molecule has 1 aliphatic heterocycles. The molecule has 0 bridgehead atoms. The number of nitrogens with zero attached hydrogens (tertiary/aromatic N) is 1. The van der Waals surface area contributed by atoms with Crippen LogP contribution in [0.15, 0.2) is 61.2 Å². The molecule has 1 heterocycles. The van der Waals surface area contributed by atoms with Crippen LogP contribution in [0, 0.1) is 6.92 Å². The van der Waals surface area contributed by atoms with Gasteiger partial charge >= 0.3 is 0 Å². The summed E-state index contributed by atoms with van der Waals surface area (Å²) in [6.07, 6.45) is 4.15. The number of anilines is 1. The number of aryl methyl sites for hydroxylation is 1. The lowest BCUT2D eigenvalue weighted by Gasteiger charge is -2.39. The van der Waals surface area contributed by atoms with E-state index in [0.29, 0.717) is 6.04 Å². The summed E-state index contributed by atoms with van der Waals surface area (Å²) in [5, 5.41) is 0. The van der Waals surface area contributed by atoms with Crippen LogP contribution in [-0.4, -0.2) is 6.54 Å². The maximum Gasteiger partial charge on any atom is 0.0579 e. The molecule has 0 N–H and O–H groups in total. The lowest BCUT2D eigenvalue weighted by atomic mass is 9.90. The molecule has 1 heteroatoms. The molecule has 102 valence electrons. The van der Waals surface area contributed by atoms with Crippen LogP contribution in [0.1, 0.15) is 29.2 Å². The van der Waals surface area contributed by atoms with Gasteiger partial charge in [-0.05, 0) is 43.0 Å². The first-order chi connectivity index (χ1) is 9.79. The smallest absolute Gasteiger partial charge is 0.0579 e. The fraction of sp³-hybridized carbons (Fsp3) is 0.263. The highest BCUT2D eigenvalue weighted by molar-refractivity contribution is 5.53. The van der Waals surface area contributed by atoms with Crippen LogP contribution in [0.5, 0.6) is 0 Å². The summed E-state index contributed by atoms with van der Waals surface area (Å²) in [5.41, 5.74) is 5.57. The molecule has 0 aromatic heterocycles. The molecule has 1 aliphatic rings. The molecule has 0 saturated heterocycles. The van der Waals surface area contributed by atoms with Crippen molar-refractivity contribution < 1.29 is 0 Å². The first kappa shape index (κ1) is 13.0. The van der Waals surface area contributed by atoms with Crippen molar-refractivity contribution in [1.82, 2.24) is 0 Å². The van der Waals surface area contributed by atoms with Gasteiger partial charge in [0.05, 0.1) is 6.04 Å². The number of fused-ring (bicyclic) bond motifs is 1. The second-order valence-electron chi connectivity index (χ2n) is 5.52. The van der Waals surface area contributed by atoms with E-state index in [0.717, 1.165) is 19.4 Å². The molecule has 1 atom stereocenters. The lowest BCUT2D eigenvalue weighted by molar-refractivity contribution is 0.588. The van der Waals surface area contributed by atoms with Gasteiger partial charge in [-0.1, -0.05) is 48.0 Å². The van der Waals surface area contributed by atoms with Crippen LogP contribution in [0.25, 0.3) is 0 Å². The molecule has 0 amide bonds. The number of benzene rings is 2. The van der Waals surface area contributed by atoms with Crippen molar-refractivity contribution in [2.24, 2.45) is 0 Å². The highest BCUT2D eigenvalue weighted by Gasteiger charge is 2.26. The van der Waals surface area contributed by atoms with Crippen LogP contribution in [0.2, 0.25) is 0 Å². The molecule has 0 saturated carbocycles.